The van der Waals surface area contributed by atoms with Gasteiger partial charge < -0.3 is 10.1 Å². The standard InChI is InChI=1S/C5H6NO3/c1-4(9)5(2-7)6-3-8/h2,5H,1H3,(H,6,8). The number of nitrogens with one attached hydrogen (secondary N) is 1. The number of carbonyl (C=O) groups excluding carboxylic acids is 3. The van der Waals surface area contributed by atoms with Crippen LogP contribution in [-0.4, -0.2) is 24.5 Å². The number of hydrogen-bond donors (Lipinski definition) is 1. The molecule has 0 saturated heterocycles. The van der Waals surface area contributed by atoms with Crippen molar-refractivity contribution in [1.29, 1.82) is 0 Å². The van der Waals surface area contributed by atoms with Crippen molar-refractivity contribution in [2.75, 3.05) is 0 Å². The van der Waals surface area contributed by atoms with Gasteiger partial charge in [-0.15, -0.1) is 0 Å². The summed E-state index contributed by atoms with van der Waals surface area (Å²) in [6.45, 7) is 1.21. The molecule has 4 heteroatoms. The molecule has 0 aliphatic heterocycles. The highest BCUT2D eigenvalue weighted by Crippen LogP contribution is 1.76. The van der Waals surface area contributed by atoms with E-state index in [0.717, 1.165) is 0 Å². The van der Waals surface area contributed by atoms with Gasteiger partial charge in [-0.25, -0.2) is 0 Å². The average molecular weight is 128 g/mol. The maximum absolute atomic E-state index is 10.3. The molecule has 1 amide bonds. The first-order chi connectivity index (χ1) is 4.22. The van der Waals surface area contributed by atoms with E-state index in [1.54, 1.807) is 0 Å². The fourth-order valence-corrected chi connectivity index (χ4v) is 0.295. The quantitative estimate of drug-likeness (QED) is 0.294. The molecule has 1 N–H and O–H groups in total. The van der Waals surface area contributed by atoms with Crippen LogP contribution in [0.2, 0.25) is 0 Å². The van der Waals surface area contributed by atoms with Crippen LogP contribution >= 0.6 is 0 Å². The van der Waals surface area contributed by atoms with Crippen molar-refractivity contribution < 1.29 is 14.4 Å². The third kappa shape index (κ3) is 2.58. The topological polar surface area (TPSA) is 63.2 Å². The largest absolute Gasteiger partial charge is 0.332 e. The molecule has 0 aliphatic rings. The summed E-state index contributed by atoms with van der Waals surface area (Å²) in [7, 11) is 0. The van der Waals surface area contributed by atoms with Gasteiger partial charge in [-0.05, 0) is 6.92 Å². The molecule has 0 saturated carbocycles. The molecule has 0 aromatic carbocycles. The summed E-state index contributed by atoms with van der Waals surface area (Å²) in [6.07, 6.45) is 1.60. The summed E-state index contributed by atoms with van der Waals surface area (Å²) in [6, 6.07) is -1.03. The fourth-order valence-electron chi connectivity index (χ4n) is 0.295. The van der Waals surface area contributed by atoms with Crippen molar-refractivity contribution in [3.8, 4) is 0 Å². The molecule has 0 fully saturated rings. The van der Waals surface area contributed by atoms with Crippen molar-refractivity contribution >= 4 is 18.5 Å². The van der Waals surface area contributed by atoms with E-state index in [-0.39, 0.29) is 0 Å². The molecule has 1 unspecified atom stereocenters. The summed E-state index contributed by atoms with van der Waals surface area (Å²) in [5, 5.41) is 1.91. The second-order valence-electron chi connectivity index (χ2n) is 1.47. The number of carbonyl (C=O) groups is 2. The highest BCUT2D eigenvalue weighted by atomic mass is 16.2. The van der Waals surface area contributed by atoms with Gasteiger partial charge in [-0.3, -0.25) is 9.59 Å². The predicted molar refractivity (Wildman–Crippen MR) is 29.4 cm³/mol. The number of Topliss-reactive ketones (excluding diaryl/α,β-unsaturated/α-hetero) is 1. The van der Waals surface area contributed by atoms with Crippen molar-refractivity contribution in [3.05, 3.63) is 0 Å². The molecule has 0 aromatic rings. The van der Waals surface area contributed by atoms with Crippen LogP contribution in [0.4, 0.5) is 0 Å². The third-order valence-electron chi connectivity index (χ3n) is 0.788. The minimum absolute atomic E-state index is 0.354. The third-order valence-corrected chi connectivity index (χ3v) is 0.788. The Labute approximate surface area is 52.2 Å². The molecule has 0 spiro atoms. The normalized spacial score (nSPS) is 11.7. The van der Waals surface area contributed by atoms with Gasteiger partial charge in [0.2, 0.25) is 0 Å². The summed E-state index contributed by atoms with van der Waals surface area (Å²) in [5.41, 5.74) is 0. The minimum atomic E-state index is -1.03. The molecule has 0 rings (SSSR count). The number of hydrogen-bond acceptors (Lipinski definition) is 3. The van der Waals surface area contributed by atoms with Crippen LogP contribution in [-0.2, 0) is 14.4 Å². The monoisotopic (exact) mass is 128 g/mol. The fraction of sp³-hybridized carbons (Fsp3) is 0.400. The smallest absolute Gasteiger partial charge is 0.310 e. The average Bonchev–Trinajstić information content (AvgIpc) is 1.82. The zero-order chi connectivity index (χ0) is 7.28. The molecule has 1 atom stereocenters. The van der Waals surface area contributed by atoms with Crippen molar-refractivity contribution in [1.82, 2.24) is 5.32 Å². The first-order valence-corrected chi connectivity index (χ1v) is 2.30. The lowest BCUT2D eigenvalue weighted by molar-refractivity contribution is -0.122. The Hall–Kier alpha value is -1.19. The minimum Gasteiger partial charge on any atom is -0.332 e. The Kier molecular flexibility index (Phi) is 3.27. The van der Waals surface area contributed by atoms with E-state index in [9.17, 15) is 14.4 Å². The van der Waals surface area contributed by atoms with Crippen molar-refractivity contribution in [2.24, 2.45) is 0 Å². The summed E-state index contributed by atoms with van der Waals surface area (Å²) in [4.78, 5) is 29.7. The maximum Gasteiger partial charge on any atom is 0.310 e. The van der Waals surface area contributed by atoms with Crippen LogP contribution in [0.5, 0.6) is 0 Å². The molecular weight excluding hydrogens is 122 g/mol. The van der Waals surface area contributed by atoms with Gasteiger partial charge in [-0.1, -0.05) is 0 Å². The van der Waals surface area contributed by atoms with Crippen LogP contribution in [0, 0.1) is 0 Å². The van der Waals surface area contributed by atoms with Gasteiger partial charge in [0.1, 0.15) is 12.3 Å². The second-order valence-corrected chi connectivity index (χ2v) is 1.47. The molecule has 0 aliphatic carbocycles. The Balaban J connectivity index is 3.81. The Morgan fingerprint density at radius 3 is 2.44 bits per heavy atom. The molecule has 9 heavy (non-hydrogen) atoms. The number of ketones is 1. The summed E-state index contributed by atoms with van der Waals surface area (Å²) >= 11 is 0. The molecule has 0 heterocycles. The summed E-state index contributed by atoms with van der Waals surface area (Å²) < 4.78 is 0. The predicted octanol–water partition coefficient (Wildman–Crippen LogP) is -1.20. The van der Waals surface area contributed by atoms with E-state index >= 15 is 0 Å². The van der Waals surface area contributed by atoms with Gasteiger partial charge in [0.05, 0.1) is 0 Å². The van der Waals surface area contributed by atoms with Gasteiger partial charge >= 0.3 is 6.41 Å². The molecule has 49 valence electrons. The summed E-state index contributed by atoms with van der Waals surface area (Å²) in [5.74, 6) is -0.395. The Bertz CT molecular complexity index is 132. The van der Waals surface area contributed by atoms with E-state index in [1.807, 2.05) is 5.32 Å². The zero-order valence-corrected chi connectivity index (χ0v) is 4.88. The van der Waals surface area contributed by atoms with Crippen LogP contribution in [0.1, 0.15) is 6.92 Å². The number of amides is 1. The first kappa shape index (κ1) is 7.81. The van der Waals surface area contributed by atoms with Crippen LogP contribution in [0.25, 0.3) is 0 Å². The lowest BCUT2D eigenvalue weighted by Gasteiger charge is -1.99. The highest BCUT2D eigenvalue weighted by Gasteiger charge is 2.09. The van der Waals surface area contributed by atoms with Gasteiger partial charge in [0.15, 0.2) is 5.78 Å². The van der Waals surface area contributed by atoms with E-state index in [0.29, 0.717) is 6.29 Å². The van der Waals surface area contributed by atoms with Crippen LogP contribution < -0.4 is 5.32 Å². The Morgan fingerprint density at radius 1 is 1.78 bits per heavy atom. The molecule has 4 nitrogen and oxygen atoms in total. The van der Waals surface area contributed by atoms with E-state index in [1.165, 1.54) is 13.3 Å². The number of rotatable bonds is 4. The van der Waals surface area contributed by atoms with Crippen molar-refractivity contribution in [2.45, 2.75) is 13.0 Å². The van der Waals surface area contributed by atoms with E-state index in [4.69, 9.17) is 0 Å². The number of aldehydes is 1. The second kappa shape index (κ2) is 3.77. The van der Waals surface area contributed by atoms with E-state index in [2.05, 4.69) is 0 Å². The molecular formula is C5H6NO3. The van der Waals surface area contributed by atoms with Crippen LogP contribution in [0.15, 0.2) is 0 Å². The highest BCUT2D eigenvalue weighted by molar-refractivity contribution is 5.97. The maximum atomic E-state index is 10.3. The molecule has 1 radical (unpaired) electrons. The molecule has 0 bridgehead atoms. The first-order valence-electron chi connectivity index (χ1n) is 2.30. The van der Waals surface area contributed by atoms with E-state index < -0.39 is 11.8 Å². The van der Waals surface area contributed by atoms with Gasteiger partial charge in [-0.2, -0.15) is 0 Å². The van der Waals surface area contributed by atoms with Gasteiger partial charge in [0, 0.05) is 0 Å². The lowest BCUT2D eigenvalue weighted by Crippen LogP contribution is -2.35. The SMILES string of the molecule is CC(=O)C(C=O)N[C]=O. The van der Waals surface area contributed by atoms with Crippen molar-refractivity contribution in [3.63, 3.8) is 0 Å². The molecule has 0 aromatic heterocycles. The lowest BCUT2D eigenvalue weighted by atomic mass is 10.2. The van der Waals surface area contributed by atoms with Gasteiger partial charge in [0.25, 0.3) is 0 Å². The Morgan fingerprint density at radius 2 is 2.33 bits per heavy atom. The zero-order valence-electron chi connectivity index (χ0n) is 4.88. The van der Waals surface area contributed by atoms with Crippen LogP contribution in [0.3, 0.4) is 0 Å².